The van der Waals surface area contributed by atoms with Crippen LogP contribution in [0.15, 0.2) is 41.5 Å². The second-order valence-corrected chi connectivity index (χ2v) is 7.71. The number of anilines is 1. The van der Waals surface area contributed by atoms with Crippen LogP contribution in [0.5, 0.6) is 11.5 Å². The van der Waals surface area contributed by atoms with E-state index in [1.807, 2.05) is 31.3 Å². The summed E-state index contributed by atoms with van der Waals surface area (Å²) in [6.45, 7) is 10.1. The maximum Gasteiger partial charge on any atom is 0.191 e. The number of rotatable bonds is 8. The minimum Gasteiger partial charge on any atom is -0.493 e. The number of hydrogen-bond donors (Lipinski definition) is 2. The molecule has 1 aromatic heterocycles. The van der Waals surface area contributed by atoms with Gasteiger partial charge in [-0.05, 0) is 62.9 Å². The van der Waals surface area contributed by atoms with E-state index >= 15 is 0 Å². The molecule has 7 nitrogen and oxygen atoms in total. The van der Waals surface area contributed by atoms with Gasteiger partial charge in [-0.15, -0.1) is 0 Å². The molecule has 3 rings (SSSR count). The van der Waals surface area contributed by atoms with Gasteiger partial charge in [0.2, 0.25) is 0 Å². The number of aromatic nitrogens is 1. The number of aryl methyl sites for hydroxylation is 1. The van der Waals surface area contributed by atoms with E-state index in [9.17, 15) is 0 Å². The van der Waals surface area contributed by atoms with Crippen LogP contribution in [0, 0.1) is 6.92 Å². The van der Waals surface area contributed by atoms with Crippen molar-refractivity contribution in [1.82, 2.24) is 15.6 Å². The first-order valence-corrected chi connectivity index (χ1v) is 11.1. The van der Waals surface area contributed by atoms with Crippen LogP contribution in [0.1, 0.15) is 37.8 Å². The van der Waals surface area contributed by atoms with Gasteiger partial charge >= 0.3 is 0 Å². The highest BCUT2D eigenvalue weighted by Gasteiger charge is 2.20. The zero-order valence-corrected chi connectivity index (χ0v) is 19.1. The second kappa shape index (κ2) is 11.4. The monoisotopic (exact) mass is 425 g/mol. The van der Waals surface area contributed by atoms with Crippen LogP contribution in [0.2, 0.25) is 0 Å². The molecule has 0 radical (unpaired) electrons. The molecule has 2 heterocycles. The van der Waals surface area contributed by atoms with Gasteiger partial charge in [-0.2, -0.15) is 0 Å². The number of benzene rings is 1. The summed E-state index contributed by atoms with van der Waals surface area (Å²) in [4.78, 5) is 11.7. The third-order valence-electron chi connectivity index (χ3n) is 5.35. The van der Waals surface area contributed by atoms with E-state index in [0.29, 0.717) is 19.2 Å². The Bertz CT molecular complexity index is 846. The molecule has 1 aliphatic heterocycles. The Morgan fingerprint density at radius 1 is 1.16 bits per heavy atom. The first kappa shape index (κ1) is 22.7. The molecular weight excluding hydrogens is 390 g/mol. The van der Waals surface area contributed by atoms with Gasteiger partial charge in [0.1, 0.15) is 5.82 Å². The minimum absolute atomic E-state index is 0.398. The molecule has 0 aliphatic carbocycles. The molecule has 2 N–H and O–H groups in total. The largest absolute Gasteiger partial charge is 0.493 e. The maximum atomic E-state index is 5.68. The van der Waals surface area contributed by atoms with Crippen molar-refractivity contribution >= 4 is 11.8 Å². The van der Waals surface area contributed by atoms with Crippen molar-refractivity contribution in [3.8, 4) is 11.5 Å². The van der Waals surface area contributed by atoms with Gasteiger partial charge in [0.25, 0.3) is 0 Å². The quantitative estimate of drug-likeness (QED) is 0.498. The average Bonchev–Trinajstić information content (AvgIpc) is 2.79. The van der Waals surface area contributed by atoms with Gasteiger partial charge < -0.3 is 25.0 Å². The lowest BCUT2D eigenvalue weighted by atomic mass is 10.1. The summed E-state index contributed by atoms with van der Waals surface area (Å²) < 4.78 is 11.1. The number of hydrogen-bond acceptors (Lipinski definition) is 5. The van der Waals surface area contributed by atoms with Crippen molar-refractivity contribution in [1.29, 1.82) is 0 Å². The highest BCUT2D eigenvalue weighted by atomic mass is 16.5. The van der Waals surface area contributed by atoms with Crippen molar-refractivity contribution < 1.29 is 9.47 Å². The molecule has 0 amide bonds. The number of nitrogens with zero attached hydrogens (tertiary/aromatic N) is 3. The zero-order valence-electron chi connectivity index (χ0n) is 19.1. The van der Waals surface area contributed by atoms with E-state index in [0.717, 1.165) is 61.3 Å². The smallest absolute Gasteiger partial charge is 0.191 e. The molecule has 1 aliphatic rings. The molecule has 7 heteroatoms. The summed E-state index contributed by atoms with van der Waals surface area (Å²) in [5.41, 5.74) is 2.28. The summed E-state index contributed by atoms with van der Waals surface area (Å²) in [5.74, 6) is 3.42. The topological polar surface area (TPSA) is 71.0 Å². The fraction of sp³-hybridized carbons (Fsp3) is 0.500. The summed E-state index contributed by atoms with van der Waals surface area (Å²) in [7, 11) is 1.66. The van der Waals surface area contributed by atoms with Crippen molar-refractivity contribution in [3.63, 3.8) is 0 Å². The molecule has 0 spiro atoms. The van der Waals surface area contributed by atoms with E-state index in [-0.39, 0.29) is 0 Å². The van der Waals surface area contributed by atoms with Crippen LogP contribution in [0.25, 0.3) is 0 Å². The summed E-state index contributed by atoms with van der Waals surface area (Å²) in [6.07, 6.45) is 4.04. The fourth-order valence-corrected chi connectivity index (χ4v) is 3.67. The van der Waals surface area contributed by atoms with Gasteiger partial charge in [0.15, 0.2) is 17.5 Å². The highest BCUT2D eigenvalue weighted by molar-refractivity contribution is 5.80. The Labute approximate surface area is 185 Å². The number of nitrogens with one attached hydrogen (secondary N) is 2. The number of methoxy groups -OCH3 is 1. The van der Waals surface area contributed by atoms with Crippen LogP contribution in [0.4, 0.5) is 5.82 Å². The van der Waals surface area contributed by atoms with Crippen molar-refractivity contribution in [3.05, 3.63) is 47.7 Å². The van der Waals surface area contributed by atoms with Gasteiger partial charge in [-0.25, -0.2) is 9.98 Å². The molecule has 0 atom stereocenters. The molecule has 1 saturated heterocycles. The van der Waals surface area contributed by atoms with E-state index in [1.165, 1.54) is 5.56 Å². The maximum absolute atomic E-state index is 5.68. The number of guanidine groups is 1. The Morgan fingerprint density at radius 3 is 2.61 bits per heavy atom. The van der Waals surface area contributed by atoms with E-state index in [4.69, 9.17) is 14.5 Å². The predicted molar refractivity (Wildman–Crippen MR) is 126 cm³/mol. The summed E-state index contributed by atoms with van der Waals surface area (Å²) >= 11 is 0. The Morgan fingerprint density at radius 2 is 1.97 bits per heavy atom. The third kappa shape index (κ3) is 6.51. The normalized spacial score (nSPS) is 15.0. The van der Waals surface area contributed by atoms with E-state index in [2.05, 4.69) is 46.5 Å². The van der Waals surface area contributed by atoms with Crippen molar-refractivity contribution in [2.45, 2.75) is 46.2 Å². The molecule has 0 unspecified atom stereocenters. The van der Waals surface area contributed by atoms with Gasteiger partial charge in [-0.3, -0.25) is 0 Å². The molecule has 1 fully saturated rings. The lowest BCUT2D eigenvalue weighted by Crippen LogP contribution is -2.48. The van der Waals surface area contributed by atoms with Gasteiger partial charge in [0, 0.05) is 31.9 Å². The molecule has 1 aromatic carbocycles. The minimum atomic E-state index is 0.398. The summed E-state index contributed by atoms with van der Waals surface area (Å²) in [6, 6.07) is 10.6. The molecular formula is C24H35N5O2. The second-order valence-electron chi connectivity index (χ2n) is 7.71. The summed E-state index contributed by atoms with van der Waals surface area (Å²) in [5, 5.41) is 6.98. The SMILES string of the molecule is CCNC(=NCc1ccc(OC)c(OCC)c1)NC1CCN(c2ccc(C)cn2)CC1. The first-order chi connectivity index (χ1) is 15.1. The number of aliphatic imine (C=N–C) groups is 1. The highest BCUT2D eigenvalue weighted by Crippen LogP contribution is 2.28. The lowest BCUT2D eigenvalue weighted by Gasteiger charge is -2.33. The Kier molecular flexibility index (Phi) is 8.38. The van der Waals surface area contributed by atoms with Crippen LogP contribution in [-0.4, -0.2) is 50.3 Å². The van der Waals surface area contributed by atoms with E-state index < -0.39 is 0 Å². The molecule has 0 bridgehead atoms. The molecule has 0 saturated carbocycles. The van der Waals surface area contributed by atoms with E-state index in [1.54, 1.807) is 7.11 Å². The van der Waals surface area contributed by atoms with Gasteiger partial charge in [-0.1, -0.05) is 12.1 Å². The zero-order chi connectivity index (χ0) is 22.1. The molecule has 168 valence electrons. The lowest BCUT2D eigenvalue weighted by molar-refractivity contribution is 0.310. The molecule has 31 heavy (non-hydrogen) atoms. The first-order valence-electron chi connectivity index (χ1n) is 11.1. The number of pyridine rings is 1. The predicted octanol–water partition coefficient (Wildman–Crippen LogP) is 3.52. The Balaban J connectivity index is 1.58. The Hall–Kier alpha value is -2.96. The average molecular weight is 426 g/mol. The van der Waals surface area contributed by atoms with Crippen molar-refractivity contribution in [2.24, 2.45) is 4.99 Å². The molecule has 2 aromatic rings. The third-order valence-corrected chi connectivity index (χ3v) is 5.35. The standard InChI is InChI=1S/C24H35N5O2/c1-5-25-24(27-17-19-8-9-21(30-4)22(15-19)31-6-2)28-20-11-13-29(14-12-20)23-10-7-18(3)16-26-23/h7-10,15-16,20H,5-6,11-14,17H2,1-4H3,(H2,25,27,28). The van der Waals surface area contributed by atoms with Crippen molar-refractivity contribution in [2.75, 3.05) is 38.3 Å². The van der Waals surface area contributed by atoms with Gasteiger partial charge in [0.05, 0.1) is 20.3 Å². The number of ether oxygens (including phenoxy) is 2. The van der Waals surface area contributed by atoms with Crippen LogP contribution in [0.3, 0.4) is 0 Å². The fourth-order valence-electron chi connectivity index (χ4n) is 3.67. The van der Waals surface area contributed by atoms with Crippen LogP contribution in [-0.2, 0) is 6.54 Å². The number of piperidine rings is 1. The van der Waals surface area contributed by atoms with Crippen LogP contribution < -0.4 is 25.0 Å². The van der Waals surface area contributed by atoms with Crippen LogP contribution >= 0.6 is 0 Å².